The van der Waals surface area contributed by atoms with Crippen molar-refractivity contribution >= 4 is 34.8 Å². The van der Waals surface area contributed by atoms with E-state index in [0.717, 1.165) is 5.75 Å². The van der Waals surface area contributed by atoms with Gasteiger partial charge in [0, 0.05) is 17.9 Å². The van der Waals surface area contributed by atoms with Gasteiger partial charge in [-0.1, -0.05) is 30.1 Å². The lowest BCUT2D eigenvalue weighted by molar-refractivity contribution is 0.273. The number of ether oxygens (including phenoxy) is 1. The van der Waals surface area contributed by atoms with Crippen LogP contribution in [0.2, 0.25) is 10.0 Å². The van der Waals surface area contributed by atoms with Crippen molar-refractivity contribution in [2.24, 2.45) is 5.92 Å². The van der Waals surface area contributed by atoms with E-state index in [1.165, 1.54) is 0 Å². The fraction of sp³-hybridized carbons (Fsp3) is 0.400. The lowest BCUT2D eigenvalue weighted by Crippen LogP contribution is -2.09. The normalized spacial score (nSPS) is 12.6. The maximum Gasteiger partial charge on any atom is 0.120 e. The molecule has 0 saturated carbocycles. The molecule has 1 aromatic rings. The third-order valence-corrected chi connectivity index (χ3v) is 2.95. The minimum absolute atomic E-state index is 0.325. The van der Waals surface area contributed by atoms with E-state index in [1.54, 1.807) is 18.2 Å². The van der Waals surface area contributed by atoms with Crippen LogP contribution in [0, 0.1) is 5.92 Å². The Kier molecular flexibility index (Phi) is 4.86. The minimum atomic E-state index is 0.325. The summed E-state index contributed by atoms with van der Waals surface area (Å²) in [6.45, 7) is 2.60. The molecule has 0 spiro atoms. The van der Waals surface area contributed by atoms with Gasteiger partial charge in [-0.3, -0.25) is 0 Å². The Morgan fingerprint density at radius 2 is 2.00 bits per heavy atom. The first kappa shape index (κ1) is 12.0. The van der Waals surface area contributed by atoms with Gasteiger partial charge < -0.3 is 4.74 Å². The van der Waals surface area contributed by atoms with Crippen LogP contribution in [-0.4, -0.2) is 12.5 Å². The van der Waals surface area contributed by atoms with Crippen LogP contribution >= 0.6 is 34.8 Å². The summed E-state index contributed by atoms with van der Waals surface area (Å²) in [6, 6.07) is 5.20. The second kappa shape index (κ2) is 5.69. The number of alkyl halides is 1. The average Bonchev–Trinajstić information content (AvgIpc) is 2.19. The third-order valence-electron chi connectivity index (χ3n) is 1.69. The summed E-state index contributed by atoms with van der Waals surface area (Å²) in [7, 11) is 0. The van der Waals surface area contributed by atoms with E-state index in [-0.39, 0.29) is 0 Å². The molecule has 0 saturated heterocycles. The van der Waals surface area contributed by atoms with Crippen LogP contribution in [0.5, 0.6) is 5.75 Å². The van der Waals surface area contributed by atoms with Crippen molar-refractivity contribution in [2.45, 2.75) is 6.92 Å². The lowest BCUT2D eigenvalue weighted by Gasteiger charge is -2.10. The monoisotopic (exact) mass is 252 g/mol. The molecule has 0 aliphatic heterocycles. The Hall–Kier alpha value is -0.110. The van der Waals surface area contributed by atoms with Crippen molar-refractivity contribution in [3.63, 3.8) is 0 Å². The van der Waals surface area contributed by atoms with E-state index in [4.69, 9.17) is 39.5 Å². The van der Waals surface area contributed by atoms with Gasteiger partial charge in [-0.25, -0.2) is 0 Å². The fourth-order valence-corrected chi connectivity index (χ4v) is 1.23. The van der Waals surface area contributed by atoms with Crippen LogP contribution in [0.3, 0.4) is 0 Å². The number of hydrogen-bond donors (Lipinski definition) is 0. The van der Waals surface area contributed by atoms with Crippen molar-refractivity contribution in [1.29, 1.82) is 0 Å². The molecule has 0 aliphatic rings. The fourth-order valence-electron chi connectivity index (χ4n) is 0.850. The van der Waals surface area contributed by atoms with Crippen molar-refractivity contribution < 1.29 is 4.74 Å². The van der Waals surface area contributed by atoms with Gasteiger partial charge in [0.05, 0.1) is 16.7 Å². The standard InChI is InChI=1S/C10H11Cl3O/c1-7(5-11)6-14-8-2-3-9(12)10(13)4-8/h2-4,7H,5-6H2,1H3. The Labute approximate surface area is 98.9 Å². The number of hydrogen-bond acceptors (Lipinski definition) is 1. The van der Waals surface area contributed by atoms with Gasteiger partial charge in [-0.15, -0.1) is 11.6 Å². The summed E-state index contributed by atoms with van der Waals surface area (Å²) in [6.07, 6.45) is 0. The number of benzene rings is 1. The molecule has 0 aromatic heterocycles. The van der Waals surface area contributed by atoms with Crippen LogP contribution in [0.1, 0.15) is 6.92 Å². The Balaban J connectivity index is 2.55. The minimum Gasteiger partial charge on any atom is -0.493 e. The van der Waals surface area contributed by atoms with Crippen LogP contribution in [-0.2, 0) is 0 Å². The quantitative estimate of drug-likeness (QED) is 0.729. The molecule has 0 radical (unpaired) electrons. The molecule has 1 atom stereocenters. The number of halogens is 3. The summed E-state index contributed by atoms with van der Waals surface area (Å²) >= 11 is 17.2. The lowest BCUT2D eigenvalue weighted by atomic mass is 10.2. The van der Waals surface area contributed by atoms with Crippen LogP contribution in [0.15, 0.2) is 18.2 Å². The van der Waals surface area contributed by atoms with Crippen molar-refractivity contribution in [3.8, 4) is 5.75 Å². The first-order chi connectivity index (χ1) is 6.63. The predicted molar refractivity (Wildman–Crippen MR) is 61.8 cm³/mol. The zero-order valence-corrected chi connectivity index (χ0v) is 10.0. The van der Waals surface area contributed by atoms with Gasteiger partial charge in [0.2, 0.25) is 0 Å². The van der Waals surface area contributed by atoms with Crippen molar-refractivity contribution in [2.75, 3.05) is 12.5 Å². The van der Waals surface area contributed by atoms with Gasteiger partial charge >= 0.3 is 0 Å². The van der Waals surface area contributed by atoms with Crippen LogP contribution in [0.25, 0.3) is 0 Å². The first-order valence-corrected chi connectivity index (χ1v) is 5.56. The average molecular weight is 254 g/mol. The number of rotatable bonds is 4. The summed E-state index contributed by atoms with van der Waals surface area (Å²) in [4.78, 5) is 0. The first-order valence-electron chi connectivity index (χ1n) is 4.27. The van der Waals surface area contributed by atoms with Crippen LogP contribution < -0.4 is 4.74 Å². The Morgan fingerprint density at radius 1 is 1.29 bits per heavy atom. The van der Waals surface area contributed by atoms with Gasteiger partial charge in [0.25, 0.3) is 0 Å². The second-order valence-corrected chi connectivity index (χ2v) is 4.27. The largest absolute Gasteiger partial charge is 0.493 e. The highest BCUT2D eigenvalue weighted by molar-refractivity contribution is 6.42. The summed E-state index contributed by atoms with van der Waals surface area (Å²) in [5.74, 6) is 1.63. The molecule has 14 heavy (non-hydrogen) atoms. The van der Waals surface area contributed by atoms with E-state index in [0.29, 0.717) is 28.5 Å². The van der Waals surface area contributed by atoms with E-state index in [2.05, 4.69) is 0 Å². The predicted octanol–water partition coefficient (Wildman–Crippen LogP) is 4.25. The Bertz CT molecular complexity index is 301. The molecule has 0 aliphatic carbocycles. The van der Waals surface area contributed by atoms with Crippen LogP contribution in [0.4, 0.5) is 0 Å². The zero-order chi connectivity index (χ0) is 10.6. The van der Waals surface area contributed by atoms with Gasteiger partial charge in [0.15, 0.2) is 0 Å². The topological polar surface area (TPSA) is 9.23 Å². The molecule has 0 amide bonds. The summed E-state index contributed by atoms with van der Waals surface area (Å²) in [5, 5.41) is 1.03. The Morgan fingerprint density at radius 3 is 2.57 bits per heavy atom. The molecular weight excluding hydrogens is 242 g/mol. The summed E-state index contributed by atoms with van der Waals surface area (Å²) < 4.78 is 5.47. The zero-order valence-electron chi connectivity index (χ0n) is 7.77. The van der Waals surface area contributed by atoms with E-state index in [9.17, 15) is 0 Å². The van der Waals surface area contributed by atoms with E-state index in [1.807, 2.05) is 6.92 Å². The molecule has 1 rings (SSSR count). The maximum atomic E-state index is 5.83. The van der Waals surface area contributed by atoms with E-state index >= 15 is 0 Å². The van der Waals surface area contributed by atoms with E-state index < -0.39 is 0 Å². The molecule has 78 valence electrons. The smallest absolute Gasteiger partial charge is 0.120 e. The molecule has 0 N–H and O–H groups in total. The third kappa shape index (κ3) is 3.56. The molecule has 4 heteroatoms. The molecular formula is C10H11Cl3O. The van der Waals surface area contributed by atoms with Gasteiger partial charge in [0.1, 0.15) is 5.75 Å². The molecule has 0 fully saturated rings. The molecule has 0 bridgehead atoms. The highest BCUT2D eigenvalue weighted by atomic mass is 35.5. The molecule has 0 heterocycles. The second-order valence-electron chi connectivity index (χ2n) is 3.15. The van der Waals surface area contributed by atoms with Crippen molar-refractivity contribution in [1.82, 2.24) is 0 Å². The molecule has 1 unspecified atom stereocenters. The highest BCUT2D eigenvalue weighted by Crippen LogP contribution is 2.26. The molecule has 1 aromatic carbocycles. The maximum absolute atomic E-state index is 5.83. The highest BCUT2D eigenvalue weighted by Gasteiger charge is 2.03. The molecule has 1 nitrogen and oxygen atoms in total. The summed E-state index contributed by atoms with van der Waals surface area (Å²) in [5.41, 5.74) is 0. The SMILES string of the molecule is CC(CCl)COc1ccc(Cl)c(Cl)c1. The van der Waals surface area contributed by atoms with Crippen molar-refractivity contribution in [3.05, 3.63) is 28.2 Å². The van der Waals surface area contributed by atoms with Gasteiger partial charge in [-0.05, 0) is 12.1 Å². The van der Waals surface area contributed by atoms with Gasteiger partial charge in [-0.2, -0.15) is 0 Å².